The van der Waals surface area contributed by atoms with E-state index in [0.29, 0.717) is 11.1 Å². The monoisotopic (exact) mass is 364 g/mol. The van der Waals surface area contributed by atoms with Gasteiger partial charge >= 0.3 is 0 Å². The first-order valence-electron chi connectivity index (χ1n) is 7.34. The summed E-state index contributed by atoms with van der Waals surface area (Å²) in [6, 6.07) is 11.8. The van der Waals surface area contributed by atoms with Gasteiger partial charge in [0, 0.05) is 16.0 Å². The van der Waals surface area contributed by atoms with Gasteiger partial charge in [-0.15, -0.1) is 11.8 Å². The number of hydrogen-bond donors (Lipinski definition) is 2. The van der Waals surface area contributed by atoms with Crippen LogP contribution in [-0.4, -0.2) is 25.7 Å². The minimum absolute atomic E-state index is 0.187. The van der Waals surface area contributed by atoms with E-state index in [-0.39, 0.29) is 17.2 Å². The molecule has 0 atom stereocenters. The van der Waals surface area contributed by atoms with Gasteiger partial charge in [0.15, 0.2) is 5.78 Å². The Morgan fingerprint density at radius 1 is 1.08 bits per heavy atom. The van der Waals surface area contributed by atoms with Gasteiger partial charge in [-0.3, -0.25) is 9.52 Å². The van der Waals surface area contributed by atoms with E-state index in [1.165, 1.54) is 12.1 Å². The third kappa shape index (κ3) is 4.10. The summed E-state index contributed by atoms with van der Waals surface area (Å²) in [5, 5.41) is -0.602. The number of nitrogens with two attached hydrogens (primary N) is 1. The number of sulfonamides is 1. The second kappa shape index (κ2) is 7.27. The zero-order chi connectivity index (χ0) is 17.9. The molecule has 3 N–H and O–H groups in total. The van der Waals surface area contributed by atoms with E-state index in [9.17, 15) is 13.2 Å². The molecule has 0 bridgehead atoms. The molecule has 0 aliphatic heterocycles. The Bertz CT molecular complexity index is 845. The molecular weight excluding hydrogens is 344 g/mol. The fraction of sp³-hybridized carbons (Fsp3) is 0.235. The van der Waals surface area contributed by atoms with Crippen LogP contribution in [0.1, 0.15) is 29.8 Å². The number of nitrogen functional groups attached to an aromatic ring is 1. The zero-order valence-corrected chi connectivity index (χ0v) is 15.4. The maximum atomic E-state index is 12.6. The molecule has 0 saturated carbocycles. The quantitative estimate of drug-likeness (QED) is 0.466. The lowest BCUT2D eigenvalue weighted by molar-refractivity contribution is 0.103. The number of benzene rings is 2. The number of nitrogens with one attached hydrogen (secondary N) is 1. The summed E-state index contributed by atoms with van der Waals surface area (Å²) < 4.78 is 26.5. The van der Waals surface area contributed by atoms with Crippen molar-refractivity contribution in [3.63, 3.8) is 0 Å². The molecule has 0 unspecified atom stereocenters. The first-order valence-corrected chi connectivity index (χ1v) is 10.1. The third-order valence-corrected chi connectivity index (χ3v) is 6.03. The van der Waals surface area contributed by atoms with E-state index >= 15 is 0 Å². The number of carbonyl (C=O) groups is 1. The summed E-state index contributed by atoms with van der Waals surface area (Å²) in [6.07, 6.45) is 1.96. The predicted octanol–water partition coefficient (Wildman–Crippen LogP) is 3.37. The smallest absolute Gasteiger partial charge is 0.235 e. The summed E-state index contributed by atoms with van der Waals surface area (Å²) in [7, 11) is -3.53. The molecule has 2 rings (SSSR count). The molecule has 0 amide bonds. The highest BCUT2D eigenvalue weighted by molar-refractivity contribution is 7.98. The number of carbonyl (C=O) groups excluding carboxylic acids is 1. The molecule has 7 heteroatoms. The van der Waals surface area contributed by atoms with Crippen LogP contribution in [-0.2, 0) is 10.0 Å². The molecule has 24 heavy (non-hydrogen) atoms. The molecule has 0 heterocycles. The molecule has 0 spiro atoms. The Balaban J connectivity index is 2.34. The van der Waals surface area contributed by atoms with Crippen LogP contribution in [0.2, 0.25) is 0 Å². The van der Waals surface area contributed by atoms with Crippen LogP contribution < -0.4 is 10.5 Å². The van der Waals surface area contributed by atoms with Crippen molar-refractivity contribution in [1.82, 2.24) is 0 Å². The van der Waals surface area contributed by atoms with Gasteiger partial charge in [-0.2, -0.15) is 0 Å². The van der Waals surface area contributed by atoms with Crippen LogP contribution in [0.25, 0.3) is 0 Å². The number of ketones is 1. The topological polar surface area (TPSA) is 89.3 Å². The van der Waals surface area contributed by atoms with Crippen molar-refractivity contribution >= 4 is 38.9 Å². The molecule has 0 fully saturated rings. The fourth-order valence-electron chi connectivity index (χ4n) is 1.97. The maximum Gasteiger partial charge on any atom is 0.235 e. The maximum absolute atomic E-state index is 12.6. The molecule has 0 aromatic heterocycles. The van der Waals surface area contributed by atoms with Gasteiger partial charge < -0.3 is 5.73 Å². The predicted molar refractivity (Wildman–Crippen MR) is 100 cm³/mol. The lowest BCUT2D eigenvalue weighted by atomic mass is 10.0. The summed E-state index contributed by atoms with van der Waals surface area (Å²) in [5.74, 6) is -0.187. The summed E-state index contributed by atoms with van der Waals surface area (Å²) >= 11 is 1.59. The Morgan fingerprint density at radius 2 is 1.67 bits per heavy atom. The first-order chi connectivity index (χ1) is 11.2. The van der Waals surface area contributed by atoms with E-state index in [1.807, 2.05) is 18.4 Å². The van der Waals surface area contributed by atoms with Crippen molar-refractivity contribution in [3.8, 4) is 0 Å². The van der Waals surface area contributed by atoms with Crippen LogP contribution in [0, 0.1) is 0 Å². The lowest BCUT2D eigenvalue weighted by Crippen LogP contribution is -2.23. The van der Waals surface area contributed by atoms with Gasteiger partial charge in [0.05, 0.1) is 16.6 Å². The molecule has 128 valence electrons. The summed E-state index contributed by atoms with van der Waals surface area (Å²) in [5.41, 5.74) is 7.24. The van der Waals surface area contributed by atoms with Crippen molar-refractivity contribution in [2.75, 3.05) is 16.7 Å². The van der Waals surface area contributed by atoms with Crippen molar-refractivity contribution in [2.24, 2.45) is 0 Å². The average molecular weight is 364 g/mol. The largest absolute Gasteiger partial charge is 0.397 e. The van der Waals surface area contributed by atoms with E-state index in [1.54, 1.807) is 43.8 Å². The minimum Gasteiger partial charge on any atom is -0.397 e. The van der Waals surface area contributed by atoms with Crippen LogP contribution >= 0.6 is 11.8 Å². The van der Waals surface area contributed by atoms with Gasteiger partial charge in [0.1, 0.15) is 0 Å². The highest BCUT2D eigenvalue weighted by atomic mass is 32.2. The Labute approximate surface area is 146 Å². The molecular formula is C17H20N2O3S2. The Morgan fingerprint density at radius 3 is 2.21 bits per heavy atom. The number of rotatable bonds is 6. The molecule has 0 aliphatic rings. The lowest BCUT2D eigenvalue weighted by Gasteiger charge is -2.13. The van der Waals surface area contributed by atoms with Gasteiger partial charge in [-0.05, 0) is 62.6 Å². The van der Waals surface area contributed by atoms with Crippen molar-refractivity contribution in [3.05, 3.63) is 53.6 Å². The molecule has 2 aromatic carbocycles. The van der Waals surface area contributed by atoms with E-state index in [2.05, 4.69) is 4.72 Å². The first kappa shape index (κ1) is 18.4. The van der Waals surface area contributed by atoms with Crippen LogP contribution in [0.3, 0.4) is 0 Å². The van der Waals surface area contributed by atoms with Gasteiger partial charge in [0.25, 0.3) is 0 Å². The van der Waals surface area contributed by atoms with Gasteiger partial charge in [-0.25, -0.2) is 8.42 Å². The molecule has 2 aromatic rings. The van der Waals surface area contributed by atoms with E-state index < -0.39 is 15.3 Å². The number of hydrogen-bond acceptors (Lipinski definition) is 5. The zero-order valence-electron chi connectivity index (χ0n) is 13.7. The minimum atomic E-state index is -3.53. The fourth-order valence-corrected chi connectivity index (χ4v) is 3.09. The van der Waals surface area contributed by atoms with Crippen molar-refractivity contribution in [1.29, 1.82) is 0 Å². The highest BCUT2D eigenvalue weighted by Crippen LogP contribution is 2.24. The van der Waals surface area contributed by atoms with Gasteiger partial charge in [-0.1, -0.05) is 0 Å². The average Bonchev–Trinajstić information content (AvgIpc) is 2.56. The molecule has 0 aliphatic carbocycles. The molecule has 0 radical (unpaired) electrons. The highest BCUT2D eigenvalue weighted by Gasteiger charge is 2.18. The Kier molecular flexibility index (Phi) is 5.56. The molecule has 5 nitrogen and oxygen atoms in total. The van der Waals surface area contributed by atoms with E-state index in [4.69, 9.17) is 5.73 Å². The standard InChI is InChI=1S/C17H20N2O3S2/c1-11(2)24(21,22)19-16-10-13(6-9-15(16)18)17(20)12-4-7-14(23-3)8-5-12/h4-11,19H,18H2,1-3H3. The summed E-state index contributed by atoms with van der Waals surface area (Å²) in [4.78, 5) is 13.6. The van der Waals surface area contributed by atoms with Crippen molar-refractivity contribution < 1.29 is 13.2 Å². The second-order valence-electron chi connectivity index (χ2n) is 5.56. The Hall–Kier alpha value is -1.99. The van der Waals surface area contributed by atoms with Crippen molar-refractivity contribution in [2.45, 2.75) is 24.0 Å². The van der Waals surface area contributed by atoms with Crippen LogP contribution in [0.15, 0.2) is 47.4 Å². The van der Waals surface area contributed by atoms with Gasteiger partial charge in [0.2, 0.25) is 10.0 Å². The van der Waals surface area contributed by atoms with Crippen LogP contribution in [0.4, 0.5) is 11.4 Å². The van der Waals surface area contributed by atoms with Crippen LogP contribution in [0.5, 0.6) is 0 Å². The molecule has 0 saturated heterocycles. The number of thioether (sulfide) groups is 1. The number of anilines is 2. The second-order valence-corrected chi connectivity index (χ2v) is 8.67. The third-order valence-electron chi connectivity index (χ3n) is 3.54. The van der Waals surface area contributed by atoms with E-state index in [0.717, 1.165) is 4.90 Å². The SMILES string of the molecule is CSc1ccc(C(=O)c2ccc(N)c(NS(=O)(=O)C(C)C)c2)cc1. The normalized spacial score (nSPS) is 11.5. The summed E-state index contributed by atoms with van der Waals surface area (Å²) in [6.45, 7) is 3.14.